The van der Waals surface area contributed by atoms with Gasteiger partial charge in [0.05, 0.1) is 5.92 Å². The fraction of sp³-hybridized carbons (Fsp3) is 0.231. The lowest BCUT2D eigenvalue weighted by molar-refractivity contribution is 0.302. The standard InChI is InChI=1S/C26H26N6/c1-29-14-18(13-27)24-23(21-5-2-3-6-22(21)32-24)26(11-4-12-26)20-9-7-17(8-10-20)19-15-30-25(28)31-16-19/h2-3,5-10,13-16,18,27,32H,4,11-12H2,1H3,(H2,28,30,31). The lowest BCUT2D eigenvalue weighted by Crippen LogP contribution is -2.36. The molecule has 2 aromatic carbocycles. The van der Waals surface area contributed by atoms with Crippen molar-refractivity contribution < 1.29 is 0 Å². The van der Waals surface area contributed by atoms with Crippen LogP contribution in [-0.2, 0) is 5.41 Å². The Labute approximate surface area is 187 Å². The second-order valence-corrected chi connectivity index (χ2v) is 8.40. The Bertz CT molecular complexity index is 1280. The van der Waals surface area contributed by atoms with Crippen LogP contribution >= 0.6 is 0 Å². The number of nitrogens with two attached hydrogens (primary N) is 1. The molecule has 0 spiro atoms. The van der Waals surface area contributed by atoms with Gasteiger partial charge < -0.3 is 16.1 Å². The van der Waals surface area contributed by atoms with Gasteiger partial charge in [-0.05, 0) is 35.6 Å². The van der Waals surface area contributed by atoms with Gasteiger partial charge in [-0.25, -0.2) is 9.97 Å². The third kappa shape index (κ3) is 3.19. The number of fused-ring (bicyclic) bond motifs is 1. The van der Waals surface area contributed by atoms with Gasteiger partial charge in [0.1, 0.15) is 0 Å². The highest BCUT2D eigenvalue weighted by molar-refractivity contribution is 5.95. The quantitative estimate of drug-likeness (QED) is 0.376. The van der Waals surface area contributed by atoms with Crippen LogP contribution in [-0.4, -0.2) is 34.4 Å². The molecule has 2 heterocycles. The Morgan fingerprint density at radius 3 is 2.41 bits per heavy atom. The molecule has 0 bridgehead atoms. The molecule has 0 radical (unpaired) electrons. The van der Waals surface area contributed by atoms with Crippen molar-refractivity contribution in [3.63, 3.8) is 0 Å². The number of nitrogens with zero attached hydrogens (tertiary/aromatic N) is 3. The number of benzene rings is 2. The molecule has 0 amide bonds. The molecule has 1 aliphatic rings. The molecule has 6 heteroatoms. The van der Waals surface area contributed by atoms with E-state index >= 15 is 0 Å². The predicted molar refractivity (Wildman–Crippen MR) is 131 cm³/mol. The average Bonchev–Trinajstić information content (AvgIpc) is 3.17. The minimum atomic E-state index is -0.175. The summed E-state index contributed by atoms with van der Waals surface area (Å²) in [6.45, 7) is 0. The van der Waals surface area contributed by atoms with Crippen molar-refractivity contribution in [1.29, 1.82) is 5.41 Å². The second-order valence-electron chi connectivity index (χ2n) is 8.40. The van der Waals surface area contributed by atoms with E-state index < -0.39 is 0 Å². The van der Waals surface area contributed by atoms with Crippen molar-refractivity contribution in [1.82, 2.24) is 15.0 Å². The third-order valence-electron chi connectivity index (χ3n) is 6.69. The van der Waals surface area contributed by atoms with E-state index in [9.17, 15) is 0 Å². The van der Waals surface area contributed by atoms with Gasteiger partial charge in [-0.3, -0.25) is 4.99 Å². The SMILES string of the molecule is CN=CC(C=N)c1[nH]c2ccccc2c1C1(c2ccc(-c3cnc(N)nc3)cc2)CCC1. The van der Waals surface area contributed by atoms with Crippen LogP contribution in [0.2, 0.25) is 0 Å². The number of aromatic nitrogens is 3. The molecule has 1 unspecified atom stereocenters. The average molecular weight is 423 g/mol. The van der Waals surface area contributed by atoms with Gasteiger partial charge in [0.25, 0.3) is 0 Å². The molecule has 0 aliphatic heterocycles. The number of nitrogen functional groups attached to an aromatic ring is 1. The number of anilines is 1. The fourth-order valence-electron chi connectivity index (χ4n) is 4.97. The third-order valence-corrected chi connectivity index (χ3v) is 6.69. The maximum atomic E-state index is 8.04. The molecule has 0 saturated heterocycles. The van der Waals surface area contributed by atoms with Gasteiger partial charge >= 0.3 is 0 Å². The summed E-state index contributed by atoms with van der Waals surface area (Å²) in [7, 11) is 1.76. The number of nitrogens with one attached hydrogen (secondary N) is 2. The Kier molecular flexibility index (Phi) is 5.05. The summed E-state index contributed by atoms with van der Waals surface area (Å²) in [6, 6.07) is 17.2. The van der Waals surface area contributed by atoms with Crippen LogP contribution in [0.15, 0.2) is 65.9 Å². The molecule has 32 heavy (non-hydrogen) atoms. The zero-order chi connectivity index (χ0) is 22.1. The minimum Gasteiger partial charge on any atom is -0.368 e. The first-order valence-corrected chi connectivity index (χ1v) is 10.9. The summed E-state index contributed by atoms with van der Waals surface area (Å²) in [5.74, 6) is 0.105. The number of aliphatic imine (C=N–C) groups is 1. The van der Waals surface area contributed by atoms with Crippen LogP contribution in [0.4, 0.5) is 5.95 Å². The van der Waals surface area contributed by atoms with Gasteiger partial charge in [0, 0.05) is 59.4 Å². The van der Waals surface area contributed by atoms with Crippen molar-refractivity contribution in [3.8, 4) is 11.1 Å². The first kappa shape index (κ1) is 20.1. The second kappa shape index (κ2) is 8.04. The number of para-hydroxylation sites is 1. The van der Waals surface area contributed by atoms with Crippen LogP contribution in [0.25, 0.3) is 22.0 Å². The van der Waals surface area contributed by atoms with Crippen molar-refractivity contribution in [2.45, 2.75) is 30.6 Å². The highest BCUT2D eigenvalue weighted by atomic mass is 15.0. The lowest BCUT2D eigenvalue weighted by atomic mass is 9.59. The fourth-order valence-corrected chi connectivity index (χ4v) is 4.97. The number of hydrogen-bond acceptors (Lipinski definition) is 5. The van der Waals surface area contributed by atoms with E-state index in [0.29, 0.717) is 0 Å². The van der Waals surface area contributed by atoms with Crippen molar-refractivity contribution in [2.75, 3.05) is 12.8 Å². The van der Waals surface area contributed by atoms with Crippen LogP contribution in [0.3, 0.4) is 0 Å². The first-order chi connectivity index (χ1) is 15.7. The normalized spacial score (nSPS) is 16.2. The summed E-state index contributed by atoms with van der Waals surface area (Å²) >= 11 is 0. The molecule has 1 saturated carbocycles. The van der Waals surface area contributed by atoms with E-state index in [0.717, 1.165) is 35.2 Å². The molecular weight excluding hydrogens is 396 g/mol. The summed E-state index contributed by atoms with van der Waals surface area (Å²) in [4.78, 5) is 16.1. The van der Waals surface area contributed by atoms with E-state index in [1.807, 2.05) is 6.21 Å². The van der Waals surface area contributed by atoms with Crippen LogP contribution in [0.1, 0.15) is 42.0 Å². The maximum absolute atomic E-state index is 8.04. The van der Waals surface area contributed by atoms with E-state index in [4.69, 9.17) is 11.1 Å². The molecule has 1 atom stereocenters. The van der Waals surface area contributed by atoms with E-state index in [2.05, 4.69) is 68.5 Å². The zero-order valence-electron chi connectivity index (χ0n) is 18.0. The molecule has 4 aromatic rings. The minimum absolute atomic E-state index is 0.0755. The Hall–Kier alpha value is -3.80. The molecule has 5 rings (SSSR count). The van der Waals surface area contributed by atoms with Crippen LogP contribution < -0.4 is 5.73 Å². The van der Waals surface area contributed by atoms with Gasteiger partial charge in [0.2, 0.25) is 5.95 Å². The molecule has 160 valence electrons. The van der Waals surface area contributed by atoms with Gasteiger partial charge in [-0.1, -0.05) is 48.9 Å². The van der Waals surface area contributed by atoms with E-state index in [1.165, 1.54) is 29.1 Å². The topological polar surface area (TPSA) is 104 Å². The predicted octanol–water partition coefficient (Wildman–Crippen LogP) is 5.11. The monoisotopic (exact) mass is 422 g/mol. The highest BCUT2D eigenvalue weighted by Gasteiger charge is 2.44. The van der Waals surface area contributed by atoms with Gasteiger partial charge in [-0.15, -0.1) is 0 Å². The summed E-state index contributed by atoms with van der Waals surface area (Å²) in [5.41, 5.74) is 12.4. The smallest absolute Gasteiger partial charge is 0.219 e. The molecular formula is C26H26N6. The van der Waals surface area contributed by atoms with Gasteiger partial charge in [-0.2, -0.15) is 0 Å². The number of rotatable bonds is 6. The number of aromatic amines is 1. The van der Waals surface area contributed by atoms with Crippen molar-refractivity contribution in [2.24, 2.45) is 4.99 Å². The molecule has 2 aromatic heterocycles. The van der Waals surface area contributed by atoms with E-state index in [-0.39, 0.29) is 17.3 Å². The van der Waals surface area contributed by atoms with Crippen LogP contribution in [0.5, 0.6) is 0 Å². The van der Waals surface area contributed by atoms with Crippen molar-refractivity contribution in [3.05, 3.63) is 77.7 Å². The lowest BCUT2D eigenvalue weighted by Gasteiger charge is -2.44. The van der Waals surface area contributed by atoms with Crippen LogP contribution in [0, 0.1) is 5.41 Å². The number of H-pyrrole nitrogens is 1. The maximum Gasteiger partial charge on any atom is 0.219 e. The Morgan fingerprint density at radius 1 is 1.06 bits per heavy atom. The van der Waals surface area contributed by atoms with Gasteiger partial charge in [0.15, 0.2) is 0 Å². The largest absolute Gasteiger partial charge is 0.368 e. The molecule has 1 aliphatic carbocycles. The summed E-state index contributed by atoms with van der Waals surface area (Å²) < 4.78 is 0. The highest BCUT2D eigenvalue weighted by Crippen LogP contribution is 2.53. The molecule has 4 N–H and O–H groups in total. The summed E-state index contributed by atoms with van der Waals surface area (Å²) in [6.07, 6.45) is 10.2. The molecule has 1 fully saturated rings. The summed E-state index contributed by atoms with van der Waals surface area (Å²) in [5, 5.41) is 9.27. The Balaban J connectivity index is 1.64. The Morgan fingerprint density at radius 2 is 1.78 bits per heavy atom. The van der Waals surface area contributed by atoms with Crippen molar-refractivity contribution >= 4 is 29.3 Å². The molecule has 6 nitrogen and oxygen atoms in total. The van der Waals surface area contributed by atoms with E-state index in [1.54, 1.807) is 19.4 Å². The first-order valence-electron chi connectivity index (χ1n) is 10.9. The number of hydrogen-bond donors (Lipinski definition) is 3. The zero-order valence-corrected chi connectivity index (χ0v) is 18.0.